The predicted octanol–water partition coefficient (Wildman–Crippen LogP) is 12.8. The second-order valence-corrected chi connectivity index (χ2v) is 11.9. The molecule has 0 aliphatic rings. The molecule has 0 aliphatic carbocycles. The minimum absolute atomic E-state index is 0.0495. The number of halogens is 6. The largest absolute Gasteiger partial charge is 0.417 e. The van der Waals surface area contributed by atoms with Gasteiger partial charge < -0.3 is 0 Å². The lowest BCUT2D eigenvalue weighted by Crippen LogP contribution is -2.07. The Morgan fingerprint density at radius 2 is 1.15 bits per heavy atom. The molecule has 6 rings (SSSR count). The quantitative estimate of drug-likeness (QED) is 0.165. The Bertz CT molecular complexity index is 2160. The van der Waals surface area contributed by atoms with Gasteiger partial charge in [0.15, 0.2) is 0 Å². The summed E-state index contributed by atoms with van der Waals surface area (Å²) >= 11 is 10.8. The Labute approximate surface area is 277 Å². The first-order valence-corrected chi connectivity index (χ1v) is 15.4. The van der Waals surface area contributed by atoms with Crippen molar-refractivity contribution in [2.24, 2.45) is 0 Å². The number of hydrogen-bond donors (Lipinski definition) is 0. The molecule has 0 fully saturated rings. The van der Waals surface area contributed by atoms with E-state index in [0.29, 0.717) is 60.1 Å². The van der Waals surface area contributed by atoms with Crippen LogP contribution in [0.2, 0.25) is 5.02 Å². The number of hydrogen-bond acceptors (Lipinski definition) is 1. The Hall–Kier alpha value is -4.70. The first-order valence-electron chi connectivity index (χ1n) is 14.2. The molecule has 7 heteroatoms. The summed E-state index contributed by atoms with van der Waals surface area (Å²) in [6, 6.07) is 35.5. The van der Waals surface area contributed by atoms with Gasteiger partial charge in [0.25, 0.3) is 0 Å². The van der Waals surface area contributed by atoms with E-state index in [9.17, 15) is 18.4 Å². The van der Waals surface area contributed by atoms with E-state index in [1.807, 2.05) is 42.5 Å². The van der Waals surface area contributed by atoms with Gasteiger partial charge in [-0.2, -0.15) is 18.4 Å². The highest BCUT2D eigenvalue weighted by molar-refractivity contribution is 9.10. The highest BCUT2D eigenvalue weighted by atomic mass is 79.9. The van der Waals surface area contributed by atoms with Crippen molar-refractivity contribution in [2.75, 3.05) is 0 Å². The third-order valence-electron chi connectivity index (χ3n) is 8.03. The van der Waals surface area contributed by atoms with Crippen LogP contribution in [-0.2, 0) is 6.18 Å². The van der Waals surface area contributed by atoms with E-state index in [-0.39, 0.29) is 16.1 Å². The van der Waals surface area contributed by atoms with E-state index in [2.05, 4.69) is 22.0 Å². The predicted molar refractivity (Wildman–Crippen MR) is 181 cm³/mol. The van der Waals surface area contributed by atoms with Gasteiger partial charge in [-0.1, -0.05) is 119 Å². The average molecular weight is 697 g/mol. The highest BCUT2D eigenvalue weighted by Gasteiger charge is 2.34. The molecule has 0 unspecified atom stereocenters. The summed E-state index contributed by atoms with van der Waals surface area (Å²) in [4.78, 5) is 0. The number of alkyl halides is 3. The van der Waals surface area contributed by atoms with Crippen LogP contribution in [0.3, 0.4) is 0 Å². The van der Waals surface area contributed by atoms with Crippen molar-refractivity contribution in [2.45, 2.75) is 13.1 Å². The minimum Gasteiger partial charge on any atom is -0.206 e. The maximum absolute atomic E-state index is 15.6. The molecule has 0 aliphatic heterocycles. The molecule has 1 nitrogen and oxygen atoms in total. The minimum atomic E-state index is -4.56. The maximum atomic E-state index is 15.6. The summed E-state index contributed by atoms with van der Waals surface area (Å²) in [5.41, 5.74) is 5.00. The molecule has 0 radical (unpaired) electrons. The lowest BCUT2D eigenvalue weighted by atomic mass is 9.80. The van der Waals surface area contributed by atoms with Gasteiger partial charge in [0.1, 0.15) is 5.82 Å². The fourth-order valence-corrected chi connectivity index (χ4v) is 6.77. The molecule has 0 N–H and O–H groups in total. The lowest BCUT2D eigenvalue weighted by Gasteiger charge is -2.25. The highest BCUT2D eigenvalue weighted by Crippen LogP contribution is 2.52. The molecule has 0 saturated heterocycles. The maximum Gasteiger partial charge on any atom is 0.417 e. The van der Waals surface area contributed by atoms with Crippen LogP contribution in [0.1, 0.15) is 16.7 Å². The van der Waals surface area contributed by atoms with Gasteiger partial charge in [0.05, 0.1) is 17.2 Å². The van der Waals surface area contributed by atoms with Gasteiger partial charge in [-0.3, -0.25) is 0 Å². The van der Waals surface area contributed by atoms with E-state index in [1.54, 1.807) is 61.5 Å². The average Bonchev–Trinajstić information content (AvgIpc) is 3.05. The van der Waals surface area contributed by atoms with Crippen molar-refractivity contribution < 1.29 is 17.6 Å². The monoisotopic (exact) mass is 695 g/mol. The van der Waals surface area contributed by atoms with Gasteiger partial charge in [-0.15, -0.1) is 0 Å². The SMILES string of the molecule is Cc1c(-c2ccccc2C(F)(F)F)cccc1-c1cc(Cl)c(-c2ccccc2F)c(-c2ccccc2Br)c1-c1ccccc1C#N. The zero-order chi connectivity index (χ0) is 32.6. The Morgan fingerprint density at radius 3 is 1.80 bits per heavy atom. The van der Waals surface area contributed by atoms with Crippen molar-refractivity contribution in [3.05, 3.63) is 153 Å². The van der Waals surface area contributed by atoms with Crippen LogP contribution in [0.5, 0.6) is 0 Å². The number of nitriles is 1. The van der Waals surface area contributed by atoms with Gasteiger partial charge in [0.2, 0.25) is 0 Å². The smallest absolute Gasteiger partial charge is 0.206 e. The van der Waals surface area contributed by atoms with E-state index in [0.717, 1.165) is 6.07 Å². The molecule has 0 bridgehead atoms. The first-order chi connectivity index (χ1) is 22.1. The fraction of sp³-hybridized carbons (Fsp3) is 0.0513. The fourth-order valence-electron chi connectivity index (χ4n) is 5.99. The Morgan fingerprint density at radius 1 is 0.609 bits per heavy atom. The summed E-state index contributed by atoms with van der Waals surface area (Å²) in [6.07, 6.45) is -4.56. The van der Waals surface area contributed by atoms with Gasteiger partial charge in [-0.05, 0) is 76.2 Å². The van der Waals surface area contributed by atoms with E-state index < -0.39 is 17.6 Å². The number of rotatable bonds is 5. The van der Waals surface area contributed by atoms with Crippen LogP contribution in [-0.4, -0.2) is 0 Å². The van der Waals surface area contributed by atoms with Crippen molar-refractivity contribution in [3.63, 3.8) is 0 Å². The summed E-state index contributed by atoms with van der Waals surface area (Å²) < 4.78 is 58.7. The third kappa shape index (κ3) is 5.62. The molecule has 0 aromatic heterocycles. The standard InChI is InChI=1S/C39H23BrClF4N/c1-23-25(28-13-4-7-18-32(28)39(43,44)45)16-10-17-26(23)31-21-34(41)37(30-15-6-9-20-35(30)42)38(29-14-5-8-19-33(29)40)36(31)27-12-3-2-11-24(27)22-46/h2-21H,1H3. The number of nitrogens with zero attached hydrogens (tertiary/aromatic N) is 1. The van der Waals surface area contributed by atoms with Crippen LogP contribution >= 0.6 is 27.5 Å². The van der Waals surface area contributed by atoms with E-state index in [4.69, 9.17) is 11.6 Å². The summed E-state index contributed by atoms with van der Waals surface area (Å²) in [5, 5.41) is 10.5. The van der Waals surface area contributed by atoms with Crippen molar-refractivity contribution in [1.82, 2.24) is 0 Å². The molecular weight excluding hydrogens is 674 g/mol. The summed E-state index contributed by atoms with van der Waals surface area (Å²) in [5.74, 6) is -0.480. The van der Waals surface area contributed by atoms with Crippen molar-refractivity contribution in [1.29, 1.82) is 5.26 Å². The number of benzene rings is 6. The zero-order valence-electron chi connectivity index (χ0n) is 24.3. The molecule has 0 spiro atoms. The molecular formula is C39H23BrClF4N. The Kier molecular flexibility index (Phi) is 8.57. The first kappa shape index (κ1) is 31.3. The third-order valence-corrected chi connectivity index (χ3v) is 9.02. The molecule has 226 valence electrons. The summed E-state index contributed by atoms with van der Waals surface area (Å²) in [7, 11) is 0. The van der Waals surface area contributed by atoms with Gasteiger partial charge in [0, 0.05) is 31.7 Å². The zero-order valence-corrected chi connectivity index (χ0v) is 26.6. The molecule has 0 atom stereocenters. The summed E-state index contributed by atoms with van der Waals surface area (Å²) in [6.45, 7) is 1.77. The van der Waals surface area contributed by atoms with Crippen LogP contribution in [0.25, 0.3) is 55.6 Å². The molecule has 0 saturated carbocycles. The van der Waals surface area contributed by atoms with Gasteiger partial charge in [-0.25, -0.2) is 4.39 Å². The Balaban J connectivity index is 1.80. The second-order valence-electron chi connectivity index (χ2n) is 10.7. The van der Waals surface area contributed by atoms with Crippen LogP contribution in [0.15, 0.2) is 126 Å². The molecule has 0 amide bonds. The van der Waals surface area contributed by atoms with Gasteiger partial charge >= 0.3 is 6.18 Å². The van der Waals surface area contributed by atoms with Crippen molar-refractivity contribution in [3.8, 4) is 61.7 Å². The van der Waals surface area contributed by atoms with Crippen molar-refractivity contribution >= 4 is 27.5 Å². The molecule has 0 heterocycles. The van der Waals surface area contributed by atoms with Crippen LogP contribution in [0, 0.1) is 24.1 Å². The normalized spacial score (nSPS) is 11.3. The van der Waals surface area contributed by atoms with E-state index >= 15 is 4.39 Å². The van der Waals surface area contributed by atoms with Crippen LogP contribution in [0.4, 0.5) is 17.6 Å². The molecule has 46 heavy (non-hydrogen) atoms. The second kappa shape index (κ2) is 12.6. The topological polar surface area (TPSA) is 23.8 Å². The van der Waals surface area contributed by atoms with E-state index in [1.165, 1.54) is 18.2 Å². The molecule has 6 aromatic rings. The molecule has 6 aromatic carbocycles. The van der Waals surface area contributed by atoms with Crippen LogP contribution < -0.4 is 0 Å². The lowest BCUT2D eigenvalue weighted by molar-refractivity contribution is -0.137.